The zero-order valence-electron chi connectivity index (χ0n) is 18.8. The molecular weight excluding hydrogens is 517 g/mol. The van der Waals surface area contributed by atoms with E-state index in [9.17, 15) is 18.0 Å². The van der Waals surface area contributed by atoms with Gasteiger partial charge in [-0.25, -0.2) is 12.7 Å². The maximum absolute atomic E-state index is 13.1. The summed E-state index contributed by atoms with van der Waals surface area (Å²) in [5, 5.41) is 3.49. The number of anilines is 1. The predicted octanol–water partition coefficient (Wildman–Crippen LogP) is 5.13. The number of aromatic nitrogens is 1. The Morgan fingerprint density at radius 1 is 1.21 bits per heavy atom. The number of benzene rings is 2. The zero-order chi connectivity index (χ0) is 24.6. The highest BCUT2D eigenvalue weighted by molar-refractivity contribution is 7.88. The highest BCUT2D eigenvalue weighted by atomic mass is 35.5. The summed E-state index contributed by atoms with van der Waals surface area (Å²) in [6, 6.07) is 10.3. The molecule has 1 aromatic heterocycles. The van der Waals surface area contributed by atoms with Gasteiger partial charge in [0.2, 0.25) is 15.9 Å². The van der Waals surface area contributed by atoms with Gasteiger partial charge in [-0.2, -0.15) is 0 Å². The number of fused-ring (bicyclic) bond motifs is 1. The number of carbonyl (C=O) groups excluding carboxylic acids is 1. The number of sulfonamides is 1. The molecule has 1 saturated heterocycles. The van der Waals surface area contributed by atoms with Gasteiger partial charge in [0.25, 0.3) is 0 Å². The van der Waals surface area contributed by atoms with Gasteiger partial charge in [-0.15, -0.1) is 0 Å². The number of thiazole rings is 1. The molecule has 0 aliphatic carbocycles. The average Bonchev–Trinajstić information content (AvgIpc) is 3.11. The summed E-state index contributed by atoms with van der Waals surface area (Å²) in [5.74, 6) is -1.05. The summed E-state index contributed by atoms with van der Waals surface area (Å²) >= 11 is 13.5. The Morgan fingerprint density at radius 2 is 1.91 bits per heavy atom. The SMILES string of the molecule is CC(C)n1c(=O)sc2cc(NC(=O)[C@@H]3CCCN(S(=O)(=O)Cc4c(Cl)cccc4Cl)C3)ccc21. The van der Waals surface area contributed by atoms with E-state index >= 15 is 0 Å². The maximum atomic E-state index is 13.1. The van der Waals surface area contributed by atoms with E-state index in [2.05, 4.69) is 5.32 Å². The van der Waals surface area contributed by atoms with E-state index < -0.39 is 15.9 Å². The summed E-state index contributed by atoms with van der Waals surface area (Å²) in [4.78, 5) is 25.2. The number of amides is 1. The van der Waals surface area contributed by atoms with Gasteiger partial charge < -0.3 is 5.32 Å². The maximum Gasteiger partial charge on any atom is 0.308 e. The number of carbonyl (C=O) groups is 1. The van der Waals surface area contributed by atoms with Gasteiger partial charge in [-0.1, -0.05) is 40.6 Å². The number of hydrogen-bond donors (Lipinski definition) is 1. The molecule has 4 rings (SSSR count). The van der Waals surface area contributed by atoms with Gasteiger partial charge in [0.15, 0.2) is 0 Å². The van der Waals surface area contributed by atoms with Crippen LogP contribution in [0.3, 0.4) is 0 Å². The van der Waals surface area contributed by atoms with Crippen molar-refractivity contribution < 1.29 is 13.2 Å². The van der Waals surface area contributed by atoms with Gasteiger partial charge in [0, 0.05) is 40.4 Å². The number of hydrogen-bond acceptors (Lipinski definition) is 5. The number of rotatable bonds is 6. The third kappa shape index (κ3) is 5.18. The summed E-state index contributed by atoms with van der Waals surface area (Å²) < 4.78 is 30.0. The number of piperidine rings is 1. The fourth-order valence-electron chi connectivity index (χ4n) is 4.20. The molecule has 1 fully saturated rings. The molecule has 0 radical (unpaired) electrons. The Labute approximate surface area is 212 Å². The lowest BCUT2D eigenvalue weighted by molar-refractivity contribution is -0.120. The Hall–Kier alpha value is -1.91. The van der Waals surface area contributed by atoms with E-state index in [-0.39, 0.29) is 29.1 Å². The van der Waals surface area contributed by atoms with Crippen molar-refractivity contribution in [2.75, 3.05) is 18.4 Å². The van der Waals surface area contributed by atoms with Crippen molar-refractivity contribution >= 4 is 66.4 Å². The van der Waals surface area contributed by atoms with Gasteiger partial charge in [0.1, 0.15) is 0 Å². The van der Waals surface area contributed by atoms with E-state index in [1.54, 1.807) is 34.9 Å². The van der Waals surface area contributed by atoms with Crippen LogP contribution in [0.15, 0.2) is 41.2 Å². The second-order valence-electron chi connectivity index (χ2n) is 8.66. The van der Waals surface area contributed by atoms with E-state index in [4.69, 9.17) is 23.2 Å². The van der Waals surface area contributed by atoms with Crippen LogP contribution in [0.4, 0.5) is 5.69 Å². The third-order valence-corrected chi connectivity index (χ3v) is 9.33. The van der Waals surface area contributed by atoms with Crippen LogP contribution in [0.5, 0.6) is 0 Å². The van der Waals surface area contributed by atoms with Crippen molar-refractivity contribution in [1.82, 2.24) is 8.87 Å². The number of nitrogens with one attached hydrogen (secondary N) is 1. The van der Waals surface area contributed by atoms with Crippen LogP contribution in [0.1, 0.15) is 38.3 Å². The Morgan fingerprint density at radius 3 is 2.59 bits per heavy atom. The molecule has 2 aromatic carbocycles. The average molecular weight is 543 g/mol. The molecule has 1 N–H and O–H groups in total. The molecule has 3 aromatic rings. The first-order valence-electron chi connectivity index (χ1n) is 10.9. The smallest absolute Gasteiger partial charge is 0.308 e. The molecule has 0 bridgehead atoms. The summed E-state index contributed by atoms with van der Waals surface area (Å²) in [7, 11) is -3.71. The lowest BCUT2D eigenvalue weighted by Gasteiger charge is -2.31. The largest absolute Gasteiger partial charge is 0.326 e. The molecule has 0 spiro atoms. The van der Waals surface area contributed by atoms with Crippen LogP contribution in [-0.2, 0) is 20.6 Å². The highest BCUT2D eigenvalue weighted by Crippen LogP contribution is 2.30. The number of halogens is 2. The second-order valence-corrected chi connectivity index (χ2v) is 12.4. The third-order valence-electron chi connectivity index (χ3n) is 5.93. The van der Waals surface area contributed by atoms with Gasteiger partial charge in [-0.3, -0.25) is 14.2 Å². The molecule has 11 heteroatoms. The summed E-state index contributed by atoms with van der Waals surface area (Å²) in [6.07, 6.45) is 1.16. The van der Waals surface area contributed by atoms with Crippen LogP contribution >= 0.6 is 34.5 Å². The lowest BCUT2D eigenvalue weighted by atomic mass is 9.98. The molecule has 1 aliphatic rings. The molecule has 1 amide bonds. The first-order valence-corrected chi connectivity index (χ1v) is 14.1. The fraction of sp³-hybridized carbons (Fsp3) is 0.391. The minimum absolute atomic E-state index is 0.0394. The van der Waals surface area contributed by atoms with Crippen molar-refractivity contribution in [3.63, 3.8) is 0 Å². The van der Waals surface area contributed by atoms with Gasteiger partial charge in [-0.05, 0) is 57.0 Å². The van der Waals surface area contributed by atoms with E-state index in [1.165, 1.54) is 4.31 Å². The van der Waals surface area contributed by atoms with Gasteiger partial charge in [0.05, 0.1) is 21.9 Å². The fourth-order valence-corrected chi connectivity index (χ4v) is 7.62. The minimum Gasteiger partial charge on any atom is -0.326 e. The van der Waals surface area contributed by atoms with Crippen molar-refractivity contribution in [2.24, 2.45) is 5.92 Å². The molecule has 2 heterocycles. The van der Waals surface area contributed by atoms with Crippen LogP contribution in [0.2, 0.25) is 10.0 Å². The van der Waals surface area contributed by atoms with Crippen molar-refractivity contribution in [2.45, 2.75) is 38.5 Å². The van der Waals surface area contributed by atoms with Gasteiger partial charge >= 0.3 is 4.87 Å². The molecule has 1 atom stereocenters. The lowest BCUT2D eigenvalue weighted by Crippen LogP contribution is -2.44. The molecule has 0 saturated carbocycles. The molecule has 0 unspecified atom stereocenters. The quantitative estimate of drug-likeness (QED) is 0.468. The minimum atomic E-state index is -3.71. The zero-order valence-corrected chi connectivity index (χ0v) is 21.9. The normalized spacial score (nSPS) is 17.4. The van der Waals surface area contributed by atoms with E-state index in [1.807, 2.05) is 19.9 Å². The van der Waals surface area contributed by atoms with E-state index in [0.717, 1.165) is 21.6 Å². The van der Waals surface area contributed by atoms with Crippen molar-refractivity contribution in [1.29, 1.82) is 0 Å². The van der Waals surface area contributed by atoms with E-state index in [0.29, 0.717) is 40.7 Å². The molecule has 34 heavy (non-hydrogen) atoms. The van der Waals surface area contributed by atoms with Crippen LogP contribution in [0, 0.1) is 5.92 Å². The van der Waals surface area contributed by atoms with Crippen molar-refractivity contribution in [3.8, 4) is 0 Å². The standard InChI is InChI=1S/C23H25Cl2N3O4S2/c1-14(2)28-20-9-8-16(11-21(20)33-23(28)30)26-22(29)15-5-4-10-27(12-15)34(31,32)13-17-18(24)6-3-7-19(17)25/h3,6-9,11,14-15H,4-5,10,12-13H2,1-2H3,(H,26,29)/t15-/m1/s1. The van der Waals surface area contributed by atoms with Crippen LogP contribution in [-0.4, -0.2) is 36.3 Å². The topological polar surface area (TPSA) is 88.5 Å². The van der Waals surface area contributed by atoms with Crippen LogP contribution in [0.25, 0.3) is 10.2 Å². The second kappa shape index (κ2) is 9.99. The molecular formula is C23H25Cl2N3O4S2. The monoisotopic (exact) mass is 541 g/mol. The number of nitrogens with zero attached hydrogens (tertiary/aromatic N) is 2. The molecule has 182 valence electrons. The first-order chi connectivity index (χ1) is 16.1. The predicted molar refractivity (Wildman–Crippen MR) is 138 cm³/mol. The highest BCUT2D eigenvalue weighted by Gasteiger charge is 2.33. The summed E-state index contributed by atoms with van der Waals surface area (Å²) in [5.41, 5.74) is 1.77. The summed E-state index contributed by atoms with van der Waals surface area (Å²) in [6.45, 7) is 4.34. The first kappa shape index (κ1) is 25.2. The molecule has 7 nitrogen and oxygen atoms in total. The Kier molecular flexibility index (Phi) is 7.40. The van der Waals surface area contributed by atoms with Crippen LogP contribution < -0.4 is 10.2 Å². The molecule has 1 aliphatic heterocycles. The Bertz CT molecular complexity index is 1380. The van der Waals surface area contributed by atoms with Crippen molar-refractivity contribution in [3.05, 3.63) is 61.7 Å². The Balaban J connectivity index is 1.48.